The van der Waals surface area contributed by atoms with Gasteiger partial charge in [-0.25, -0.2) is 4.99 Å². The minimum Gasteiger partial charge on any atom is -0.370 e. The number of guanidine groups is 1. The molecule has 0 saturated carbocycles. The first-order valence-corrected chi connectivity index (χ1v) is 8.28. The summed E-state index contributed by atoms with van der Waals surface area (Å²) in [7, 11) is 0. The lowest BCUT2D eigenvalue weighted by Crippen LogP contribution is -2.22. The molecule has 3 aromatic carbocycles. The van der Waals surface area contributed by atoms with Crippen molar-refractivity contribution in [3.8, 4) is 11.1 Å². The number of hydrogen-bond acceptors (Lipinski definition) is 2. The molecule has 1 aromatic heterocycles. The monoisotopic (exact) mass is 338 g/mol. The molecule has 0 fully saturated rings. The Hall–Kier alpha value is -3.66. The summed E-state index contributed by atoms with van der Waals surface area (Å²) in [5.41, 5.74) is 14.7. The second-order valence-corrected chi connectivity index (χ2v) is 6.13. The molecule has 4 N–H and O–H groups in total. The fraction of sp³-hybridized carbons (Fsp3) is 0. The number of pyridine rings is 1. The predicted molar refractivity (Wildman–Crippen MR) is 110 cm³/mol. The molecular weight excluding hydrogens is 320 g/mol. The average Bonchev–Trinajstić information content (AvgIpc) is 2.66. The quantitative estimate of drug-likeness (QED) is 0.432. The van der Waals surface area contributed by atoms with Gasteiger partial charge in [0, 0.05) is 23.3 Å². The van der Waals surface area contributed by atoms with E-state index in [2.05, 4.69) is 65.1 Å². The van der Waals surface area contributed by atoms with Crippen LogP contribution in [0.2, 0.25) is 0 Å². The van der Waals surface area contributed by atoms with Crippen molar-refractivity contribution in [2.45, 2.75) is 0 Å². The Bertz CT molecular complexity index is 1170. The summed E-state index contributed by atoms with van der Waals surface area (Å²) in [4.78, 5) is 8.37. The van der Waals surface area contributed by atoms with E-state index in [0.29, 0.717) is 5.70 Å². The number of fused-ring (bicyclic) bond motifs is 2. The number of nitrogens with two attached hydrogens (primary N) is 2. The van der Waals surface area contributed by atoms with Crippen LogP contribution >= 0.6 is 0 Å². The Kier molecular flexibility index (Phi) is 3.86. The molecule has 4 nitrogen and oxygen atoms in total. The van der Waals surface area contributed by atoms with Gasteiger partial charge in [0.2, 0.25) is 0 Å². The third-order valence-corrected chi connectivity index (χ3v) is 4.45. The summed E-state index contributed by atoms with van der Waals surface area (Å²) in [6.07, 6.45) is 3.72. The van der Waals surface area contributed by atoms with Crippen LogP contribution in [0.25, 0.3) is 38.4 Å². The van der Waals surface area contributed by atoms with Crippen molar-refractivity contribution < 1.29 is 0 Å². The lowest BCUT2D eigenvalue weighted by molar-refractivity contribution is 1.36. The van der Waals surface area contributed by atoms with Crippen molar-refractivity contribution in [3.63, 3.8) is 0 Å². The van der Waals surface area contributed by atoms with Gasteiger partial charge in [-0.3, -0.25) is 4.98 Å². The summed E-state index contributed by atoms with van der Waals surface area (Å²) < 4.78 is 0. The summed E-state index contributed by atoms with van der Waals surface area (Å²) in [5.74, 6) is 0.00325. The fourth-order valence-corrected chi connectivity index (χ4v) is 3.26. The molecule has 4 aromatic rings. The van der Waals surface area contributed by atoms with Crippen LogP contribution in [0.4, 0.5) is 0 Å². The van der Waals surface area contributed by atoms with Gasteiger partial charge in [-0.1, -0.05) is 55.1 Å². The van der Waals surface area contributed by atoms with Crippen molar-refractivity contribution in [2.24, 2.45) is 16.5 Å². The topological polar surface area (TPSA) is 77.3 Å². The Morgan fingerprint density at radius 1 is 0.846 bits per heavy atom. The van der Waals surface area contributed by atoms with Crippen LogP contribution in [0.15, 0.2) is 84.6 Å². The average molecular weight is 338 g/mol. The fourth-order valence-electron chi connectivity index (χ4n) is 3.26. The van der Waals surface area contributed by atoms with E-state index >= 15 is 0 Å². The van der Waals surface area contributed by atoms with Crippen LogP contribution in [0.1, 0.15) is 5.56 Å². The first kappa shape index (κ1) is 15.8. The van der Waals surface area contributed by atoms with E-state index in [1.54, 1.807) is 0 Å². The maximum absolute atomic E-state index is 5.49. The molecule has 4 heteroatoms. The number of aliphatic imine (C=N–C) groups is 1. The van der Waals surface area contributed by atoms with Gasteiger partial charge < -0.3 is 11.5 Å². The highest BCUT2D eigenvalue weighted by atomic mass is 15.0. The maximum Gasteiger partial charge on any atom is 0.191 e. The van der Waals surface area contributed by atoms with Gasteiger partial charge >= 0.3 is 0 Å². The highest BCUT2D eigenvalue weighted by Gasteiger charge is 2.09. The Labute approximate surface area is 151 Å². The molecule has 0 atom stereocenters. The third kappa shape index (κ3) is 2.78. The first-order valence-electron chi connectivity index (χ1n) is 8.28. The van der Waals surface area contributed by atoms with Crippen LogP contribution in [0.3, 0.4) is 0 Å². The predicted octanol–water partition coefficient (Wildman–Crippen LogP) is 4.30. The van der Waals surface area contributed by atoms with Crippen LogP contribution in [-0.2, 0) is 0 Å². The Morgan fingerprint density at radius 2 is 1.54 bits per heavy atom. The van der Waals surface area contributed by atoms with Gasteiger partial charge in [0.25, 0.3) is 0 Å². The molecular formula is C22H18N4. The number of benzene rings is 3. The molecule has 4 rings (SSSR count). The molecule has 26 heavy (non-hydrogen) atoms. The van der Waals surface area contributed by atoms with Crippen molar-refractivity contribution in [2.75, 3.05) is 0 Å². The maximum atomic E-state index is 5.49. The van der Waals surface area contributed by atoms with Crippen LogP contribution in [0.5, 0.6) is 0 Å². The highest BCUT2D eigenvalue weighted by molar-refractivity contribution is 6.05. The molecule has 0 aliphatic carbocycles. The van der Waals surface area contributed by atoms with Crippen molar-refractivity contribution in [1.29, 1.82) is 0 Å². The van der Waals surface area contributed by atoms with Crippen LogP contribution in [-0.4, -0.2) is 10.9 Å². The highest BCUT2D eigenvalue weighted by Crippen LogP contribution is 2.34. The van der Waals surface area contributed by atoms with E-state index in [1.165, 1.54) is 0 Å². The zero-order chi connectivity index (χ0) is 18.1. The number of hydrogen-bond donors (Lipinski definition) is 2. The van der Waals surface area contributed by atoms with E-state index in [9.17, 15) is 0 Å². The lowest BCUT2D eigenvalue weighted by Gasteiger charge is -2.11. The van der Waals surface area contributed by atoms with Crippen LogP contribution < -0.4 is 11.5 Å². The van der Waals surface area contributed by atoms with Gasteiger partial charge in [-0.15, -0.1) is 0 Å². The van der Waals surface area contributed by atoms with E-state index < -0.39 is 0 Å². The standard InChI is InChI=1S/C22H18N4/c1-14(26-22(23)24)17-9-8-15-4-2-6-18(20(15)12-17)19-7-3-5-16-10-11-25-13-21(16)19/h2-13H,1H2,(H4,23,24,26). The molecule has 0 aliphatic rings. The normalized spacial score (nSPS) is 10.8. The van der Waals surface area contributed by atoms with Gasteiger partial charge in [0.05, 0.1) is 5.70 Å². The molecule has 0 aliphatic heterocycles. The zero-order valence-electron chi connectivity index (χ0n) is 14.2. The second kappa shape index (κ2) is 6.33. The number of nitrogens with zero attached hydrogens (tertiary/aromatic N) is 2. The van der Waals surface area contributed by atoms with Gasteiger partial charge in [0.15, 0.2) is 5.96 Å². The number of aromatic nitrogens is 1. The Morgan fingerprint density at radius 3 is 2.27 bits per heavy atom. The van der Waals surface area contributed by atoms with Crippen molar-refractivity contribution >= 4 is 33.2 Å². The van der Waals surface area contributed by atoms with Gasteiger partial charge in [0.1, 0.15) is 0 Å². The molecule has 1 heterocycles. The molecule has 0 amide bonds. The van der Waals surface area contributed by atoms with Crippen LogP contribution in [0, 0.1) is 0 Å². The second-order valence-electron chi connectivity index (χ2n) is 6.13. The first-order chi connectivity index (χ1) is 12.6. The lowest BCUT2D eigenvalue weighted by atomic mass is 9.93. The van der Waals surface area contributed by atoms with Gasteiger partial charge in [-0.05, 0) is 39.4 Å². The van der Waals surface area contributed by atoms with Gasteiger partial charge in [-0.2, -0.15) is 0 Å². The molecule has 0 bridgehead atoms. The SMILES string of the molecule is C=C(N=C(N)N)c1ccc2cccc(-c3cccc4ccncc34)c2c1. The summed E-state index contributed by atoms with van der Waals surface area (Å²) in [6.45, 7) is 3.97. The van der Waals surface area contributed by atoms with Crippen molar-refractivity contribution in [1.82, 2.24) is 4.98 Å². The zero-order valence-corrected chi connectivity index (χ0v) is 14.2. The molecule has 0 unspecified atom stereocenters. The summed E-state index contributed by atoms with van der Waals surface area (Å²) >= 11 is 0. The van der Waals surface area contributed by atoms with Crippen molar-refractivity contribution in [3.05, 3.63) is 85.2 Å². The molecule has 126 valence electrons. The molecule has 0 saturated heterocycles. The minimum absolute atomic E-state index is 0.00325. The third-order valence-electron chi connectivity index (χ3n) is 4.45. The summed E-state index contributed by atoms with van der Waals surface area (Å²) in [6, 6.07) is 20.7. The van der Waals surface area contributed by atoms with E-state index in [4.69, 9.17) is 11.5 Å². The van der Waals surface area contributed by atoms with E-state index in [-0.39, 0.29) is 5.96 Å². The minimum atomic E-state index is 0.00325. The van der Waals surface area contributed by atoms with E-state index in [0.717, 1.165) is 38.2 Å². The Balaban J connectivity index is 1.98. The van der Waals surface area contributed by atoms with E-state index in [1.807, 2.05) is 24.5 Å². The number of rotatable bonds is 3. The molecule has 0 radical (unpaired) electrons. The largest absolute Gasteiger partial charge is 0.370 e. The smallest absolute Gasteiger partial charge is 0.191 e. The molecule has 0 spiro atoms. The summed E-state index contributed by atoms with van der Waals surface area (Å²) in [5, 5.41) is 4.55.